The van der Waals surface area contributed by atoms with Crippen molar-refractivity contribution in [1.29, 1.82) is 0 Å². The molecule has 1 atom stereocenters. The molecule has 0 bridgehead atoms. The smallest absolute Gasteiger partial charge is 0.248 e. The van der Waals surface area contributed by atoms with Crippen molar-refractivity contribution in [1.82, 2.24) is 10.6 Å². The molecular weight excluding hydrogens is 402 g/mol. The third-order valence-electron chi connectivity index (χ3n) is 3.81. The van der Waals surface area contributed by atoms with Gasteiger partial charge in [0.25, 0.3) is 0 Å². The summed E-state index contributed by atoms with van der Waals surface area (Å²) in [6.45, 7) is 9.83. The van der Waals surface area contributed by atoms with Crippen LogP contribution in [0.25, 0.3) is 0 Å². The second kappa shape index (κ2) is 8.64. The standard InChI is InChI=1S/C17H24Cl4N4/c1-10(2)22-7-8-23-15-13-6-5-12(18)9-14(13)25(11(3)4)16(24-15)17(19,20)21/h5-6,9-11,15,22-23H,7-8H2,1-4H3. The second-order valence-corrected chi connectivity index (χ2v) is 9.30. The lowest BCUT2D eigenvalue weighted by Crippen LogP contribution is -2.48. The molecule has 2 rings (SSSR count). The Morgan fingerprint density at radius 2 is 1.84 bits per heavy atom. The van der Waals surface area contributed by atoms with Gasteiger partial charge in [0.1, 0.15) is 6.17 Å². The van der Waals surface area contributed by atoms with Crippen molar-refractivity contribution in [2.75, 3.05) is 18.0 Å². The topological polar surface area (TPSA) is 39.7 Å². The number of nitrogens with zero attached hydrogens (tertiary/aromatic N) is 2. The highest BCUT2D eigenvalue weighted by molar-refractivity contribution is 6.77. The quantitative estimate of drug-likeness (QED) is 0.501. The zero-order valence-corrected chi connectivity index (χ0v) is 17.8. The van der Waals surface area contributed by atoms with Crippen molar-refractivity contribution in [3.05, 3.63) is 28.8 Å². The van der Waals surface area contributed by atoms with Gasteiger partial charge in [0, 0.05) is 35.8 Å². The number of halogens is 4. The summed E-state index contributed by atoms with van der Waals surface area (Å²) in [6.07, 6.45) is -0.290. The van der Waals surface area contributed by atoms with Gasteiger partial charge in [-0.3, -0.25) is 5.32 Å². The fraction of sp³-hybridized carbons (Fsp3) is 0.588. The summed E-state index contributed by atoms with van der Waals surface area (Å²) in [5, 5.41) is 7.42. The number of aliphatic imine (C=N–C) groups is 1. The van der Waals surface area contributed by atoms with Gasteiger partial charge in [-0.05, 0) is 26.0 Å². The van der Waals surface area contributed by atoms with Crippen molar-refractivity contribution in [2.45, 2.75) is 49.7 Å². The van der Waals surface area contributed by atoms with Crippen LogP contribution in [0.15, 0.2) is 23.2 Å². The van der Waals surface area contributed by atoms with Crippen LogP contribution in [-0.2, 0) is 0 Å². The minimum Gasteiger partial charge on any atom is -0.324 e. The predicted molar refractivity (Wildman–Crippen MR) is 111 cm³/mol. The summed E-state index contributed by atoms with van der Waals surface area (Å²) in [7, 11) is 0. The van der Waals surface area contributed by atoms with Gasteiger partial charge in [0.05, 0.1) is 5.69 Å². The maximum absolute atomic E-state index is 6.22. The number of alkyl halides is 3. The Morgan fingerprint density at radius 3 is 2.40 bits per heavy atom. The Morgan fingerprint density at radius 1 is 1.16 bits per heavy atom. The normalized spacial score (nSPS) is 17.9. The molecule has 0 saturated heterocycles. The third kappa shape index (κ3) is 5.38. The van der Waals surface area contributed by atoms with Gasteiger partial charge in [-0.15, -0.1) is 0 Å². The average molecular weight is 426 g/mol. The van der Waals surface area contributed by atoms with E-state index in [2.05, 4.69) is 24.5 Å². The molecule has 0 aromatic heterocycles. The number of hydrogen-bond acceptors (Lipinski definition) is 4. The number of anilines is 1. The molecule has 0 spiro atoms. The van der Waals surface area contributed by atoms with E-state index in [9.17, 15) is 0 Å². The van der Waals surface area contributed by atoms with Crippen molar-refractivity contribution in [3.8, 4) is 0 Å². The highest BCUT2D eigenvalue weighted by atomic mass is 35.6. The van der Waals surface area contributed by atoms with E-state index in [0.29, 0.717) is 16.9 Å². The molecule has 140 valence electrons. The maximum Gasteiger partial charge on any atom is 0.248 e. The van der Waals surface area contributed by atoms with Crippen molar-refractivity contribution >= 4 is 57.9 Å². The minimum atomic E-state index is -1.62. The van der Waals surface area contributed by atoms with E-state index >= 15 is 0 Å². The molecule has 1 aliphatic rings. The van der Waals surface area contributed by atoms with Crippen LogP contribution in [0.3, 0.4) is 0 Å². The van der Waals surface area contributed by atoms with E-state index in [4.69, 9.17) is 51.4 Å². The van der Waals surface area contributed by atoms with Gasteiger partial charge >= 0.3 is 0 Å². The van der Waals surface area contributed by atoms with E-state index in [-0.39, 0.29) is 12.2 Å². The molecule has 25 heavy (non-hydrogen) atoms. The summed E-state index contributed by atoms with van der Waals surface area (Å²) in [5.74, 6) is 0.400. The van der Waals surface area contributed by atoms with Gasteiger partial charge < -0.3 is 10.2 Å². The average Bonchev–Trinajstić information content (AvgIpc) is 2.48. The summed E-state index contributed by atoms with van der Waals surface area (Å²) in [5.41, 5.74) is 1.92. The molecule has 8 heteroatoms. The molecule has 0 saturated carbocycles. The predicted octanol–water partition coefficient (Wildman–Crippen LogP) is 4.92. The summed E-state index contributed by atoms with van der Waals surface area (Å²) >= 11 is 24.9. The lowest BCUT2D eigenvalue weighted by molar-refractivity contribution is 0.503. The van der Waals surface area contributed by atoms with Gasteiger partial charge in [-0.25, -0.2) is 4.99 Å². The van der Waals surface area contributed by atoms with Crippen LogP contribution in [0.4, 0.5) is 5.69 Å². The first kappa shape index (κ1) is 21.1. The van der Waals surface area contributed by atoms with E-state index in [1.54, 1.807) is 0 Å². The minimum absolute atomic E-state index is 0.0650. The van der Waals surface area contributed by atoms with Crippen LogP contribution < -0.4 is 15.5 Å². The van der Waals surface area contributed by atoms with Crippen LogP contribution >= 0.6 is 46.4 Å². The fourth-order valence-corrected chi connectivity index (χ4v) is 3.37. The Kier molecular flexibility index (Phi) is 7.28. The molecule has 2 N–H and O–H groups in total. The van der Waals surface area contributed by atoms with Crippen molar-refractivity contribution in [3.63, 3.8) is 0 Å². The molecule has 0 radical (unpaired) electrons. The number of hydrogen-bond donors (Lipinski definition) is 2. The zero-order valence-electron chi connectivity index (χ0n) is 14.8. The van der Waals surface area contributed by atoms with E-state index in [1.807, 2.05) is 36.9 Å². The van der Waals surface area contributed by atoms with Crippen LogP contribution in [0.1, 0.15) is 39.4 Å². The summed E-state index contributed by atoms with van der Waals surface area (Å²) in [6, 6.07) is 6.21. The van der Waals surface area contributed by atoms with E-state index < -0.39 is 3.79 Å². The number of benzene rings is 1. The molecule has 0 fully saturated rings. The molecule has 4 nitrogen and oxygen atoms in total. The van der Waals surface area contributed by atoms with E-state index in [0.717, 1.165) is 24.3 Å². The number of rotatable bonds is 6. The molecule has 0 aliphatic carbocycles. The lowest BCUT2D eigenvalue weighted by Gasteiger charge is -2.40. The molecule has 1 heterocycles. The highest BCUT2D eigenvalue weighted by Crippen LogP contribution is 2.41. The van der Waals surface area contributed by atoms with Gasteiger partial charge in [0.15, 0.2) is 5.84 Å². The third-order valence-corrected chi connectivity index (χ3v) is 4.55. The Balaban J connectivity index is 2.36. The van der Waals surface area contributed by atoms with Gasteiger partial charge in [0.2, 0.25) is 3.79 Å². The van der Waals surface area contributed by atoms with Crippen LogP contribution in [0.2, 0.25) is 5.02 Å². The molecule has 1 aliphatic heterocycles. The molecular formula is C17H24Cl4N4. The highest BCUT2D eigenvalue weighted by Gasteiger charge is 2.39. The van der Waals surface area contributed by atoms with Crippen LogP contribution in [-0.4, -0.2) is 34.8 Å². The maximum atomic E-state index is 6.22. The van der Waals surface area contributed by atoms with E-state index in [1.165, 1.54) is 0 Å². The molecule has 1 aromatic carbocycles. The fourth-order valence-electron chi connectivity index (χ4n) is 2.78. The first-order chi connectivity index (χ1) is 11.6. The number of amidine groups is 1. The second-order valence-electron chi connectivity index (χ2n) is 6.58. The zero-order chi connectivity index (χ0) is 18.8. The molecule has 1 unspecified atom stereocenters. The SMILES string of the molecule is CC(C)NCCNC1N=C(C(Cl)(Cl)Cl)N(C(C)C)c2cc(Cl)ccc21. The monoisotopic (exact) mass is 424 g/mol. The Bertz CT molecular complexity index is 626. The molecule has 1 aromatic rings. The lowest BCUT2D eigenvalue weighted by atomic mass is 10.0. The summed E-state index contributed by atoms with van der Waals surface area (Å²) in [4.78, 5) is 6.64. The van der Waals surface area contributed by atoms with Crippen molar-refractivity contribution in [2.24, 2.45) is 4.99 Å². The molecule has 0 amide bonds. The van der Waals surface area contributed by atoms with Crippen LogP contribution in [0.5, 0.6) is 0 Å². The van der Waals surface area contributed by atoms with Gasteiger partial charge in [-0.2, -0.15) is 0 Å². The largest absolute Gasteiger partial charge is 0.324 e. The Hall–Kier alpha value is -0.230. The number of nitrogens with one attached hydrogen (secondary N) is 2. The Labute approximate surface area is 169 Å². The number of fused-ring (bicyclic) bond motifs is 1. The summed E-state index contributed by atoms with van der Waals surface area (Å²) < 4.78 is -1.62. The van der Waals surface area contributed by atoms with Crippen molar-refractivity contribution < 1.29 is 0 Å². The first-order valence-corrected chi connectivity index (χ1v) is 9.83. The van der Waals surface area contributed by atoms with Crippen LogP contribution in [0, 0.1) is 0 Å². The first-order valence-electron chi connectivity index (χ1n) is 8.31. The van der Waals surface area contributed by atoms with Gasteiger partial charge in [-0.1, -0.05) is 66.3 Å².